The number of hydrogen-bond donors (Lipinski definition) is 1. The molecule has 3 heterocycles. The molecule has 2 aliphatic heterocycles. The van der Waals surface area contributed by atoms with E-state index in [1.54, 1.807) is 0 Å². The van der Waals surface area contributed by atoms with Crippen molar-refractivity contribution in [3.8, 4) is 11.5 Å². The van der Waals surface area contributed by atoms with Gasteiger partial charge in [-0.25, -0.2) is 4.98 Å². The molecular formula is C18H22ClN3O2. The Morgan fingerprint density at radius 3 is 2.75 bits per heavy atom. The lowest BCUT2D eigenvalue weighted by atomic mass is 10.1. The van der Waals surface area contributed by atoms with Gasteiger partial charge in [0.15, 0.2) is 0 Å². The van der Waals surface area contributed by atoms with E-state index in [-0.39, 0.29) is 24.4 Å². The van der Waals surface area contributed by atoms with Gasteiger partial charge in [-0.05, 0) is 44.9 Å². The van der Waals surface area contributed by atoms with Crippen molar-refractivity contribution in [2.75, 3.05) is 13.1 Å². The molecule has 1 N–H and O–H groups in total. The van der Waals surface area contributed by atoms with Gasteiger partial charge in [-0.2, -0.15) is 0 Å². The summed E-state index contributed by atoms with van der Waals surface area (Å²) in [5.41, 5.74) is 1.57. The van der Waals surface area contributed by atoms with Crippen LogP contribution >= 0.6 is 12.4 Å². The maximum Gasteiger partial charge on any atom is 0.292 e. The molecule has 2 atom stereocenters. The van der Waals surface area contributed by atoms with Crippen molar-refractivity contribution in [2.24, 2.45) is 0 Å². The average molecular weight is 348 g/mol. The second kappa shape index (κ2) is 6.95. The lowest BCUT2D eigenvalue weighted by Crippen LogP contribution is -2.42. The normalized spacial score (nSPS) is 22.8. The minimum atomic E-state index is -0.00613. The van der Waals surface area contributed by atoms with E-state index in [1.165, 1.54) is 0 Å². The fourth-order valence-corrected chi connectivity index (χ4v) is 3.73. The molecule has 0 spiro atoms. The van der Waals surface area contributed by atoms with Gasteiger partial charge in [0.25, 0.3) is 5.91 Å². The molecule has 2 bridgehead atoms. The number of oxazole rings is 1. The topological polar surface area (TPSA) is 58.4 Å². The predicted molar refractivity (Wildman–Crippen MR) is 94.4 cm³/mol. The molecule has 2 saturated heterocycles. The number of hydrogen-bond acceptors (Lipinski definition) is 4. The molecule has 2 aromatic rings. The molecule has 128 valence electrons. The first-order valence-electron chi connectivity index (χ1n) is 8.30. The van der Waals surface area contributed by atoms with Crippen LogP contribution in [-0.2, 0) is 0 Å². The minimum absolute atomic E-state index is 0. The molecule has 0 saturated carbocycles. The molecule has 0 aliphatic carbocycles. The number of nitrogens with zero attached hydrogens (tertiary/aromatic N) is 2. The van der Waals surface area contributed by atoms with E-state index in [2.05, 4.69) is 10.3 Å². The monoisotopic (exact) mass is 347 g/mol. The minimum Gasteiger partial charge on any atom is -0.431 e. The molecule has 1 aromatic carbocycles. The summed E-state index contributed by atoms with van der Waals surface area (Å²) in [6.07, 6.45) is 3.18. The van der Waals surface area contributed by atoms with E-state index in [1.807, 2.05) is 42.2 Å². The first kappa shape index (κ1) is 17.0. The highest BCUT2D eigenvalue weighted by molar-refractivity contribution is 5.93. The third-order valence-electron chi connectivity index (χ3n) is 4.90. The molecule has 1 aromatic heterocycles. The molecule has 0 radical (unpaired) electrons. The van der Waals surface area contributed by atoms with Crippen LogP contribution in [0.25, 0.3) is 11.5 Å². The van der Waals surface area contributed by atoms with Crippen molar-refractivity contribution in [3.63, 3.8) is 0 Å². The van der Waals surface area contributed by atoms with Crippen molar-refractivity contribution in [2.45, 2.75) is 38.3 Å². The number of halogens is 1. The van der Waals surface area contributed by atoms with Gasteiger partial charge in [-0.15, -0.1) is 12.4 Å². The quantitative estimate of drug-likeness (QED) is 0.907. The Kier molecular flexibility index (Phi) is 4.92. The SMILES string of the molecule is Cc1nc(-c2ccccc2)oc1C(=O)N1C2CCNCC1CC2.Cl. The summed E-state index contributed by atoms with van der Waals surface area (Å²) in [6.45, 7) is 3.71. The van der Waals surface area contributed by atoms with Crippen LogP contribution in [0.1, 0.15) is 35.5 Å². The van der Waals surface area contributed by atoms with Crippen molar-refractivity contribution in [1.29, 1.82) is 0 Å². The van der Waals surface area contributed by atoms with Crippen LogP contribution in [0.5, 0.6) is 0 Å². The molecule has 4 rings (SSSR count). The average Bonchev–Trinajstić information content (AvgIpc) is 3.06. The zero-order valence-corrected chi connectivity index (χ0v) is 14.5. The van der Waals surface area contributed by atoms with Gasteiger partial charge in [0, 0.05) is 24.2 Å². The lowest BCUT2D eigenvalue weighted by molar-refractivity contribution is 0.0647. The number of aryl methyl sites for hydroxylation is 1. The van der Waals surface area contributed by atoms with Crippen molar-refractivity contribution >= 4 is 18.3 Å². The largest absolute Gasteiger partial charge is 0.431 e. The Morgan fingerprint density at radius 2 is 1.96 bits per heavy atom. The van der Waals surface area contributed by atoms with E-state index in [0.29, 0.717) is 23.4 Å². The van der Waals surface area contributed by atoms with Crippen molar-refractivity contribution in [1.82, 2.24) is 15.2 Å². The molecule has 24 heavy (non-hydrogen) atoms. The van der Waals surface area contributed by atoms with Gasteiger partial charge in [0.05, 0.1) is 5.69 Å². The van der Waals surface area contributed by atoms with E-state index in [4.69, 9.17) is 4.42 Å². The highest BCUT2D eigenvalue weighted by atomic mass is 35.5. The summed E-state index contributed by atoms with van der Waals surface area (Å²) in [6, 6.07) is 10.3. The molecule has 5 nitrogen and oxygen atoms in total. The molecule has 1 amide bonds. The molecule has 2 unspecified atom stereocenters. The number of fused-ring (bicyclic) bond motifs is 2. The van der Waals surface area contributed by atoms with Crippen LogP contribution in [0.4, 0.5) is 0 Å². The number of aromatic nitrogens is 1. The van der Waals surface area contributed by atoms with Gasteiger partial charge in [0.2, 0.25) is 11.7 Å². The first-order chi connectivity index (χ1) is 11.2. The van der Waals surface area contributed by atoms with Crippen LogP contribution in [0.2, 0.25) is 0 Å². The Labute approximate surface area is 147 Å². The highest BCUT2D eigenvalue weighted by Gasteiger charge is 2.40. The van der Waals surface area contributed by atoms with Gasteiger partial charge in [0.1, 0.15) is 0 Å². The summed E-state index contributed by atoms with van der Waals surface area (Å²) in [4.78, 5) is 19.5. The smallest absolute Gasteiger partial charge is 0.292 e. The number of benzene rings is 1. The zero-order chi connectivity index (χ0) is 15.8. The van der Waals surface area contributed by atoms with Crippen molar-refractivity contribution < 1.29 is 9.21 Å². The Bertz CT molecular complexity index is 702. The predicted octanol–water partition coefficient (Wildman–Crippen LogP) is 3.04. The van der Waals surface area contributed by atoms with Gasteiger partial charge in [-0.1, -0.05) is 18.2 Å². The Morgan fingerprint density at radius 1 is 1.21 bits per heavy atom. The number of amides is 1. The van der Waals surface area contributed by atoms with Crippen LogP contribution in [0, 0.1) is 6.92 Å². The number of rotatable bonds is 2. The van der Waals surface area contributed by atoms with Crippen molar-refractivity contribution in [3.05, 3.63) is 41.8 Å². The van der Waals surface area contributed by atoms with Gasteiger partial charge >= 0.3 is 0 Å². The fourth-order valence-electron chi connectivity index (χ4n) is 3.73. The summed E-state index contributed by atoms with van der Waals surface area (Å²) >= 11 is 0. The van der Waals surface area contributed by atoms with Crippen LogP contribution in [0.15, 0.2) is 34.7 Å². The van der Waals surface area contributed by atoms with E-state index >= 15 is 0 Å². The highest BCUT2D eigenvalue weighted by Crippen LogP contribution is 2.31. The van der Waals surface area contributed by atoms with E-state index in [9.17, 15) is 4.79 Å². The van der Waals surface area contributed by atoms with Crippen LogP contribution in [-0.4, -0.2) is 41.0 Å². The zero-order valence-electron chi connectivity index (χ0n) is 13.7. The number of nitrogens with one attached hydrogen (secondary N) is 1. The molecular weight excluding hydrogens is 326 g/mol. The lowest BCUT2D eigenvalue weighted by Gasteiger charge is -2.26. The second-order valence-electron chi connectivity index (χ2n) is 6.39. The Balaban J connectivity index is 0.00000169. The fraction of sp³-hybridized carbons (Fsp3) is 0.444. The van der Waals surface area contributed by atoms with E-state index in [0.717, 1.165) is 37.9 Å². The van der Waals surface area contributed by atoms with E-state index < -0.39 is 0 Å². The third-order valence-corrected chi connectivity index (χ3v) is 4.90. The molecule has 6 heteroatoms. The van der Waals surface area contributed by atoms with Gasteiger partial charge in [-0.3, -0.25) is 4.79 Å². The first-order valence-corrected chi connectivity index (χ1v) is 8.30. The third kappa shape index (κ3) is 2.94. The second-order valence-corrected chi connectivity index (χ2v) is 6.39. The summed E-state index contributed by atoms with van der Waals surface area (Å²) < 4.78 is 5.86. The molecule has 2 fully saturated rings. The summed E-state index contributed by atoms with van der Waals surface area (Å²) in [7, 11) is 0. The van der Waals surface area contributed by atoms with Gasteiger partial charge < -0.3 is 14.6 Å². The Hall–Kier alpha value is -1.85. The standard InChI is InChI=1S/C18H21N3O2.ClH/c1-12-16(23-17(20-12)13-5-3-2-4-6-13)18(22)21-14-7-8-15(21)11-19-10-9-14;/h2-6,14-15,19H,7-11H2,1H3;1H. The summed E-state index contributed by atoms with van der Waals surface area (Å²) in [5, 5.41) is 3.42. The summed E-state index contributed by atoms with van der Waals surface area (Å²) in [5.74, 6) is 0.905. The van der Waals surface area contributed by atoms with Crippen LogP contribution in [0.3, 0.4) is 0 Å². The number of carbonyl (C=O) groups excluding carboxylic acids is 1. The van der Waals surface area contributed by atoms with Crippen LogP contribution < -0.4 is 5.32 Å². The maximum atomic E-state index is 13.0. The maximum absolute atomic E-state index is 13.0. The number of carbonyl (C=O) groups is 1. The molecule has 2 aliphatic rings.